The highest BCUT2D eigenvalue weighted by atomic mass is 32.2. The molecule has 1 aliphatic rings. The van der Waals surface area contributed by atoms with Crippen LogP contribution in [0, 0.1) is 5.92 Å². The molecular weight excluding hydrogens is 486 g/mol. The van der Waals surface area contributed by atoms with E-state index in [9.17, 15) is 14.7 Å². The largest absolute Gasteiger partial charge is 0.398 e. The SMILES string of the molecule is CSc1cccc(/C(N)=C(\CCC2CCN(C(=O)C(C)(C)O)CC2)C(=O)Nc2nc3ccccc3[nH]2)c1. The highest BCUT2D eigenvalue weighted by molar-refractivity contribution is 7.98. The van der Waals surface area contributed by atoms with E-state index in [1.807, 2.05) is 54.8 Å². The van der Waals surface area contributed by atoms with E-state index in [-0.39, 0.29) is 11.8 Å². The van der Waals surface area contributed by atoms with E-state index in [1.165, 1.54) is 13.8 Å². The quantitative estimate of drug-likeness (QED) is 0.258. The number of aliphatic hydroxyl groups is 1. The lowest BCUT2D eigenvalue weighted by Gasteiger charge is -2.35. The van der Waals surface area contributed by atoms with E-state index >= 15 is 0 Å². The molecule has 37 heavy (non-hydrogen) atoms. The van der Waals surface area contributed by atoms with Gasteiger partial charge in [-0.15, -0.1) is 11.8 Å². The first-order valence-corrected chi connectivity index (χ1v) is 13.8. The fourth-order valence-electron chi connectivity index (χ4n) is 4.69. The van der Waals surface area contributed by atoms with E-state index < -0.39 is 5.60 Å². The molecule has 3 aromatic rings. The minimum absolute atomic E-state index is 0.241. The number of nitrogens with one attached hydrogen (secondary N) is 2. The number of hydrogen-bond donors (Lipinski definition) is 4. The monoisotopic (exact) mass is 521 g/mol. The van der Waals surface area contributed by atoms with Gasteiger partial charge in [-0.05, 0) is 81.5 Å². The number of H-pyrrole nitrogens is 1. The summed E-state index contributed by atoms with van der Waals surface area (Å²) in [6.07, 6.45) is 4.93. The summed E-state index contributed by atoms with van der Waals surface area (Å²) in [5.41, 5.74) is 8.66. The number of nitrogens with zero attached hydrogens (tertiary/aromatic N) is 2. The van der Waals surface area contributed by atoms with Crippen LogP contribution < -0.4 is 11.1 Å². The second-order valence-electron chi connectivity index (χ2n) is 10.0. The molecule has 0 radical (unpaired) electrons. The van der Waals surface area contributed by atoms with Crippen LogP contribution in [0.4, 0.5) is 5.95 Å². The number of hydrogen-bond acceptors (Lipinski definition) is 6. The van der Waals surface area contributed by atoms with Crippen molar-refractivity contribution >= 4 is 46.3 Å². The molecule has 0 atom stereocenters. The average Bonchev–Trinajstić information content (AvgIpc) is 3.30. The van der Waals surface area contributed by atoms with Crippen molar-refractivity contribution in [2.24, 2.45) is 11.7 Å². The second kappa shape index (κ2) is 11.4. The third-order valence-corrected chi connectivity index (χ3v) is 7.55. The first kappa shape index (κ1) is 26.8. The smallest absolute Gasteiger partial charge is 0.255 e. The summed E-state index contributed by atoms with van der Waals surface area (Å²) in [7, 11) is 0. The summed E-state index contributed by atoms with van der Waals surface area (Å²) in [6.45, 7) is 4.24. The lowest BCUT2D eigenvalue weighted by Crippen LogP contribution is -2.48. The van der Waals surface area contributed by atoms with Gasteiger partial charge in [0.1, 0.15) is 5.60 Å². The van der Waals surface area contributed by atoms with Crippen molar-refractivity contribution in [3.8, 4) is 0 Å². The number of rotatable bonds is 8. The molecule has 0 spiro atoms. The Bertz CT molecular complexity index is 1270. The van der Waals surface area contributed by atoms with E-state index in [1.54, 1.807) is 16.7 Å². The van der Waals surface area contributed by atoms with Gasteiger partial charge in [0.25, 0.3) is 11.8 Å². The van der Waals surface area contributed by atoms with Crippen molar-refractivity contribution in [3.63, 3.8) is 0 Å². The zero-order valence-electron chi connectivity index (χ0n) is 21.6. The van der Waals surface area contributed by atoms with Gasteiger partial charge in [-0.25, -0.2) is 4.98 Å². The Balaban J connectivity index is 1.51. The molecule has 0 unspecified atom stereocenters. The van der Waals surface area contributed by atoms with Crippen LogP contribution in [0.5, 0.6) is 0 Å². The van der Waals surface area contributed by atoms with Gasteiger partial charge in [-0.3, -0.25) is 14.9 Å². The number of piperidine rings is 1. The van der Waals surface area contributed by atoms with Crippen molar-refractivity contribution in [2.45, 2.75) is 50.0 Å². The number of aromatic nitrogens is 2. The normalized spacial score (nSPS) is 15.5. The number of carbonyl (C=O) groups excluding carboxylic acids is 2. The number of carbonyl (C=O) groups is 2. The van der Waals surface area contributed by atoms with Crippen LogP contribution in [0.3, 0.4) is 0 Å². The molecule has 0 aliphatic carbocycles. The Labute approximate surface area is 221 Å². The molecule has 0 bridgehead atoms. The van der Waals surface area contributed by atoms with Crippen LogP contribution >= 0.6 is 11.8 Å². The molecule has 5 N–H and O–H groups in total. The number of nitrogens with two attached hydrogens (primary N) is 1. The fraction of sp³-hybridized carbons (Fsp3) is 0.393. The molecule has 2 aromatic carbocycles. The molecule has 0 saturated carbocycles. The van der Waals surface area contributed by atoms with Crippen LogP contribution in [0.15, 0.2) is 59.0 Å². The van der Waals surface area contributed by atoms with Crippen molar-refractivity contribution in [1.82, 2.24) is 14.9 Å². The number of likely N-dealkylation sites (tertiary alicyclic amines) is 1. The number of anilines is 1. The Hall–Kier alpha value is -3.30. The molecule has 9 heteroatoms. The number of benzene rings is 2. The van der Waals surface area contributed by atoms with Gasteiger partial charge >= 0.3 is 0 Å². The Morgan fingerprint density at radius 2 is 1.92 bits per heavy atom. The molecule has 2 heterocycles. The fourth-order valence-corrected chi connectivity index (χ4v) is 5.15. The van der Waals surface area contributed by atoms with Gasteiger partial charge in [0.05, 0.1) is 11.0 Å². The number of fused-ring (bicyclic) bond motifs is 1. The molecule has 2 amide bonds. The van der Waals surface area contributed by atoms with Crippen molar-refractivity contribution < 1.29 is 14.7 Å². The lowest BCUT2D eigenvalue weighted by atomic mass is 9.88. The van der Waals surface area contributed by atoms with Crippen molar-refractivity contribution in [2.75, 3.05) is 24.7 Å². The predicted octanol–water partition coefficient (Wildman–Crippen LogP) is 4.38. The predicted molar refractivity (Wildman–Crippen MR) is 149 cm³/mol. The summed E-state index contributed by atoms with van der Waals surface area (Å²) in [5.74, 6) is 0.216. The maximum absolute atomic E-state index is 13.5. The molecule has 8 nitrogen and oxygen atoms in total. The third kappa shape index (κ3) is 6.53. The van der Waals surface area contributed by atoms with Crippen LogP contribution in [0.25, 0.3) is 16.7 Å². The Morgan fingerprint density at radius 3 is 2.59 bits per heavy atom. The number of para-hydroxylation sites is 2. The number of aromatic amines is 1. The van der Waals surface area contributed by atoms with Crippen molar-refractivity contribution in [1.29, 1.82) is 0 Å². The summed E-state index contributed by atoms with van der Waals surface area (Å²) in [5, 5.41) is 13.0. The molecule has 4 rings (SSSR count). The Kier molecular flexibility index (Phi) is 8.24. The zero-order chi connectivity index (χ0) is 26.6. The molecule has 196 valence electrons. The highest BCUT2D eigenvalue weighted by Crippen LogP contribution is 2.29. The van der Waals surface area contributed by atoms with Crippen molar-refractivity contribution in [3.05, 3.63) is 59.7 Å². The molecule has 1 aliphatic heterocycles. The molecule has 1 saturated heterocycles. The van der Waals surface area contributed by atoms with Gasteiger partial charge in [-0.2, -0.15) is 0 Å². The third-order valence-electron chi connectivity index (χ3n) is 6.83. The number of amides is 2. The maximum atomic E-state index is 13.5. The van der Waals surface area contributed by atoms with Gasteiger partial charge in [0.15, 0.2) is 0 Å². The zero-order valence-corrected chi connectivity index (χ0v) is 22.4. The molecule has 1 aromatic heterocycles. The van der Waals surface area contributed by atoms with Gasteiger partial charge < -0.3 is 20.7 Å². The first-order chi connectivity index (χ1) is 17.7. The second-order valence-corrected chi connectivity index (χ2v) is 10.9. The van der Waals surface area contributed by atoms with Gasteiger partial charge in [-0.1, -0.05) is 24.3 Å². The number of imidazole rings is 1. The molecule has 1 fully saturated rings. The summed E-state index contributed by atoms with van der Waals surface area (Å²) in [6, 6.07) is 15.5. The Morgan fingerprint density at radius 1 is 1.19 bits per heavy atom. The van der Waals surface area contributed by atoms with E-state index in [0.717, 1.165) is 40.8 Å². The van der Waals surface area contributed by atoms with E-state index in [0.29, 0.717) is 42.6 Å². The highest BCUT2D eigenvalue weighted by Gasteiger charge is 2.32. The number of thioether (sulfide) groups is 1. The van der Waals surface area contributed by atoms with E-state index in [2.05, 4.69) is 15.3 Å². The molecular formula is C28H35N5O3S. The van der Waals surface area contributed by atoms with Gasteiger partial charge in [0.2, 0.25) is 5.95 Å². The van der Waals surface area contributed by atoms with Crippen LogP contribution in [-0.2, 0) is 9.59 Å². The van der Waals surface area contributed by atoms with Crippen LogP contribution in [-0.4, -0.2) is 56.7 Å². The lowest BCUT2D eigenvalue weighted by molar-refractivity contribution is -0.149. The first-order valence-electron chi connectivity index (χ1n) is 12.6. The van der Waals surface area contributed by atoms with Gasteiger partial charge in [0, 0.05) is 29.3 Å². The minimum atomic E-state index is -1.36. The average molecular weight is 522 g/mol. The summed E-state index contributed by atoms with van der Waals surface area (Å²) in [4.78, 5) is 36.3. The van der Waals surface area contributed by atoms with Crippen LogP contribution in [0.2, 0.25) is 0 Å². The van der Waals surface area contributed by atoms with E-state index in [4.69, 9.17) is 5.73 Å². The minimum Gasteiger partial charge on any atom is -0.398 e. The topological polar surface area (TPSA) is 124 Å². The standard InChI is InChI=1S/C28H35N5O3S/c1-28(2,36)26(35)33-15-13-18(14-16-33)11-12-21(24(29)19-7-6-8-20(17-19)37-3)25(34)32-27-30-22-9-4-5-10-23(22)31-27/h4-10,17-18,36H,11-16,29H2,1-3H3,(H2,30,31,32,34)/b24-21-. The van der Waals surface area contributed by atoms with Crippen LogP contribution in [0.1, 0.15) is 45.1 Å². The maximum Gasteiger partial charge on any atom is 0.255 e. The summed E-state index contributed by atoms with van der Waals surface area (Å²) >= 11 is 1.62. The summed E-state index contributed by atoms with van der Waals surface area (Å²) < 4.78 is 0.